The Morgan fingerprint density at radius 1 is 0.930 bits per heavy atom. The van der Waals surface area contributed by atoms with Crippen LogP contribution in [0.15, 0.2) is 23.3 Å². The van der Waals surface area contributed by atoms with Crippen LogP contribution in [-0.2, 0) is 18.4 Å². The van der Waals surface area contributed by atoms with Crippen LogP contribution in [0.1, 0.15) is 114 Å². The van der Waals surface area contributed by atoms with Crippen molar-refractivity contribution in [2.45, 2.75) is 169 Å². The number of allylic oxidation sites excluding steroid dienone is 3. The Morgan fingerprint density at radius 3 is 2.12 bits per heavy atom. The average molecular weight is 631 g/mol. The van der Waals surface area contributed by atoms with Crippen molar-refractivity contribution >= 4 is 22.4 Å². The first-order chi connectivity index (χ1) is 19.5. The number of hydrogen-bond donors (Lipinski definition) is 0. The van der Waals surface area contributed by atoms with E-state index in [2.05, 4.69) is 101 Å². The van der Waals surface area contributed by atoms with Crippen molar-refractivity contribution in [2.24, 2.45) is 28.6 Å². The van der Waals surface area contributed by atoms with Gasteiger partial charge in [0.1, 0.15) is 5.78 Å². The molecule has 0 aromatic carbocycles. The minimum atomic E-state index is -2.02. The predicted octanol–water partition coefficient (Wildman–Crippen LogP) is 10.3. The number of carbonyl (C=O) groups is 1. The second kappa shape index (κ2) is 11.9. The van der Waals surface area contributed by atoms with Gasteiger partial charge in [-0.15, -0.1) is 0 Å². The zero-order chi connectivity index (χ0) is 32.4. The molecule has 246 valence electrons. The van der Waals surface area contributed by atoms with Crippen molar-refractivity contribution < 1.29 is 18.4 Å². The Morgan fingerprint density at radius 2 is 1.53 bits per heavy atom. The topological polar surface area (TPSA) is 44.8 Å². The Balaban J connectivity index is 1.67. The Kier molecular flexibility index (Phi) is 9.79. The summed E-state index contributed by atoms with van der Waals surface area (Å²) in [5.74, 6) is 1.88. The highest BCUT2D eigenvalue weighted by Gasteiger charge is 2.61. The lowest BCUT2D eigenvalue weighted by atomic mass is 9.49. The van der Waals surface area contributed by atoms with Crippen molar-refractivity contribution in [2.75, 3.05) is 6.61 Å². The maximum absolute atomic E-state index is 11.5. The lowest BCUT2D eigenvalue weighted by Gasteiger charge is -2.59. The molecular weight excluding hydrogens is 565 g/mol. The Hall–Kier alpha value is -0.536. The van der Waals surface area contributed by atoms with Crippen molar-refractivity contribution in [3.8, 4) is 0 Å². The zero-order valence-electron chi connectivity index (χ0n) is 30.4. The van der Waals surface area contributed by atoms with E-state index in [0.717, 1.165) is 12.8 Å². The molecule has 4 aliphatic rings. The molecule has 0 amide bonds. The van der Waals surface area contributed by atoms with Crippen LogP contribution in [0, 0.1) is 28.6 Å². The highest BCUT2D eigenvalue weighted by Crippen LogP contribution is 2.66. The van der Waals surface area contributed by atoms with Gasteiger partial charge >= 0.3 is 0 Å². The SMILES string of the molecule is CC(=O)CCO[C@@H](C)[C@H]1CC[C@H]2C3=CC=C4C[C@@H](O[Si](C)(C)C(C)(C)C)C[C@H](O[Si](C)(C)C(C)(C)C)[C@]4(C)[C@H]3CC[C@]12C. The second-order valence-corrected chi connectivity index (χ2v) is 27.8. The number of carbonyl (C=O) groups excluding carboxylic acids is 1. The third kappa shape index (κ3) is 6.53. The Bertz CT molecular complexity index is 1110. The third-order valence-electron chi connectivity index (χ3n) is 13.6. The van der Waals surface area contributed by atoms with Gasteiger partial charge in [-0.3, -0.25) is 4.79 Å². The fraction of sp³-hybridized carbons (Fsp3) is 0.865. The van der Waals surface area contributed by atoms with Gasteiger partial charge in [0.25, 0.3) is 0 Å². The first-order valence-electron chi connectivity index (χ1n) is 17.4. The van der Waals surface area contributed by atoms with Crippen molar-refractivity contribution in [1.82, 2.24) is 0 Å². The molecule has 3 saturated carbocycles. The van der Waals surface area contributed by atoms with Crippen molar-refractivity contribution in [3.63, 3.8) is 0 Å². The molecule has 6 heteroatoms. The number of hydrogen-bond acceptors (Lipinski definition) is 4. The summed E-state index contributed by atoms with van der Waals surface area (Å²) in [4.78, 5) is 11.5. The fourth-order valence-corrected chi connectivity index (χ4v) is 11.5. The van der Waals surface area contributed by atoms with E-state index in [1.807, 2.05) is 0 Å². The molecule has 0 unspecified atom stereocenters. The van der Waals surface area contributed by atoms with E-state index in [1.54, 1.807) is 18.1 Å². The van der Waals surface area contributed by atoms with Gasteiger partial charge in [0, 0.05) is 11.8 Å². The molecule has 0 heterocycles. The number of ketones is 1. The Labute approximate surface area is 267 Å². The van der Waals surface area contributed by atoms with E-state index >= 15 is 0 Å². The normalized spacial score (nSPS) is 35.8. The van der Waals surface area contributed by atoms with Gasteiger partial charge in [-0.1, -0.05) is 78.7 Å². The summed E-state index contributed by atoms with van der Waals surface area (Å²) in [6.45, 7) is 33.5. The molecule has 0 aromatic heterocycles. The molecular formula is C37H66O4Si2. The van der Waals surface area contributed by atoms with Crippen LogP contribution in [0.2, 0.25) is 36.3 Å². The maximum atomic E-state index is 11.5. The van der Waals surface area contributed by atoms with E-state index in [1.165, 1.54) is 25.7 Å². The maximum Gasteiger partial charge on any atom is 0.192 e. The van der Waals surface area contributed by atoms with Crippen LogP contribution in [0.5, 0.6) is 0 Å². The summed E-state index contributed by atoms with van der Waals surface area (Å²) in [5, 5.41) is 0.355. The molecule has 4 nitrogen and oxygen atoms in total. The van der Waals surface area contributed by atoms with Gasteiger partial charge in [0.15, 0.2) is 16.6 Å². The summed E-state index contributed by atoms with van der Waals surface area (Å²) in [7, 11) is -3.93. The van der Waals surface area contributed by atoms with Gasteiger partial charge in [-0.25, -0.2) is 0 Å². The highest BCUT2D eigenvalue weighted by molar-refractivity contribution is 6.74. The van der Waals surface area contributed by atoms with E-state index in [-0.39, 0.29) is 45.0 Å². The smallest absolute Gasteiger partial charge is 0.192 e. The first-order valence-corrected chi connectivity index (χ1v) is 23.2. The first kappa shape index (κ1) is 35.3. The molecule has 0 radical (unpaired) electrons. The van der Waals surface area contributed by atoms with Crippen LogP contribution in [0.25, 0.3) is 0 Å². The molecule has 0 spiro atoms. The van der Waals surface area contributed by atoms with Crippen LogP contribution in [0.3, 0.4) is 0 Å². The summed E-state index contributed by atoms with van der Waals surface area (Å²) in [5.41, 5.74) is 3.51. The largest absolute Gasteiger partial charge is 0.414 e. The monoisotopic (exact) mass is 630 g/mol. The lowest BCUT2D eigenvalue weighted by molar-refractivity contribution is -0.119. The van der Waals surface area contributed by atoms with Gasteiger partial charge < -0.3 is 13.6 Å². The number of Topliss-reactive ketones (excluding diaryl/α,β-unsaturated/α-hetero) is 1. The molecule has 0 aliphatic heterocycles. The predicted molar refractivity (Wildman–Crippen MR) is 185 cm³/mol. The number of fused-ring (bicyclic) bond motifs is 5. The molecule has 8 atom stereocenters. The minimum Gasteiger partial charge on any atom is -0.414 e. The van der Waals surface area contributed by atoms with Gasteiger partial charge in [0.05, 0.1) is 24.9 Å². The summed E-state index contributed by atoms with van der Waals surface area (Å²) in [6.07, 6.45) is 13.1. The van der Waals surface area contributed by atoms with E-state index in [0.29, 0.717) is 30.8 Å². The standard InChI is InChI=1S/C37H66O4Si2/c1-25(38)20-22-39-26(2)30-17-18-31-29-16-15-27-23-28(40-42(11,12)34(3,4)5)24-33(41-43(13,14)35(6,7)8)37(27,10)32(29)19-21-36(30,31)9/h15-16,26,28,30-33H,17-24H2,1-14H3/t26-,28+,30+,31-,32-,33-,36+,37-/m0/s1. The zero-order valence-corrected chi connectivity index (χ0v) is 32.4. The van der Waals surface area contributed by atoms with Crippen LogP contribution in [-0.4, -0.2) is 47.3 Å². The molecule has 0 saturated heterocycles. The van der Waals surface area contributed by atoms with Crippen LogP contribution >= 0.6 is 0 Å². The summed E-state index contributed by atoms with van der Waals surface area (Å²) < 4.78 is 21.0. The molecule has 0 aromatic rings. The number of ether oxygens (including phenoxy) is 1. The highest BCUT2D eigenvalue weighted by atomic mass is 28.4. The molecule has 0 bridgehead atoms. The molecule has 4 aliphatic carbocycles. The van der Waals surface area contributed by atoms with E-state index in [9.17, 15) is 4.79 Å². The van der Waals surface area contributed by atoms with Crippen molar-refractivity contribution in [3.05, 3.63) is 23.3 Å². The lowest BCUT2D eigenvalue weighted by Crippen LogP contribution is -2.58. The van der Waals surface area contributed by atoms with E-state index in [4.69, 9.17) is 13.6 Å². The third-order valence-corrected chi connectivity index (χ3v) is 22.6. The summed E-state index contributed by atoms with van der Waals surface area (Å²) in [6, 6.07) is 0. The second-order valence-electron chi connectivity index (χ2n) is 18.3. The van der Waals surface area contributed by atoms with Gasteiger partial charge in [-0.05, 0) is 112 Å². The van der Waals surface area contributed by atoms with Crippen molar-refractivity contribution in [1.29, 1.82) is 0 Å². The van der Waals surface area contributed by atoms with E-state index < -0.39 is 16.6 Å². The van der Waals surface area contributed by atoms with Crippen LogP contribution in [0.4, 0.5) is 0 Å². The van der Waals surface area contributed by atoms with Gasteiger partial charge in [-0.2, -0.15) is 0 Å². The number of rotatable bonds is 9. The molecule has 0 N–H and O–H groups in total. The summed E-state index contributed by atoms with van der Waals surface area (Å²) >= 11 is 0. The fourth-order valence-electron chi connectivity index (χ4n) is 8.71. The molecule has 4 rings (SSSR count). The van der Waals surface area contributed by atoms with Gasteiger partial charge in [0.2, 0.25) is 0 Å². The molecule has 3 fully saturated rings. The average Bonchev–Trinajstić information content (AvgIpc) is 3.20. The molecule has 43 heavy (non-hydrogen) atoms. The van der Waals surface area contributed by atoms with Crippen LogP contribution < -0.4 is 0 Å². The quantitative estimate of drug-likeness (QED) is 0.238. The minimum absolute atomic E-state index is 0.00984.